The molecule has 0 radical (unpaired) electrons. The van der Waals surface area contributed by atoms with Crippen LogP contribution in [0.5, 0.6) is 0 Å². The fraction of sp³-hybridized carbons (Fsp3) is 0.217. The van der Waals surface area contributed by atoms with Crippen LogP contribution in [0.3, 0.4) is 0 Å². The highest BCUT2D eigenvalue weighted by Crippen LogP contribution is 2.36. The minimum atomic E-state index is -4.70. The van der Waals surface area contributed by atoms with Gasteiger partial charge in [0.2, 0.25) is 0 Å². The van der Waals surface area contributed by atoms with Gasteiger partial charge < -0.3 is 0 Å². The van der Waals surface area contributed by atoms with Crippen molar-refractivity contribution in [2.75, 3.05) is 0 Å². The third-order valence-corrected chi connectivity index (χ3v) is 5.95. The third kappa shape index (κ3) is 4.57. The van der Waals surface area contributed by atoms with Crippen LogP contribution < -0.4 is 9.20 Å². The monoisotopic (exact) mass is 463 g/mol. The maximum atomic E-state index is 14.1. The molecule has 0 aliphatic heterocycles. The number of rotatable bonds is 4. The molecule has 0 aliphatic carbocycles. The second-order valence-electron chi connectivity index (χ2n) is 7.60. The van der Waals surface area contributed by atoms with E-state index in [2.05, 4.69) is 16.7 Å². The van der Waals surface area contributed by atoms with Crippen molar-refractivity contribution in [3.8, 4) is 0 Å². The van der Waals surface area contributed by atoms with Gasteiger partial charge in [-0.3, -0.25) is 4.68 Å². The molecule has 3 nitrogen and oxygen atoms in total. The number of hydrogen-bond donors (Lipinski definition) is 0. The van der Waals surface area contributed by atoms with Gasteiger partial charge >= 0.3 is 6.18 Å². The molecule has 0 N–H and O–H groups in total. The lowest BCUT2D eigenvalue weighted by Crippen LogP contribution is -2.16. The molecule has 2 aromatic heterocycles. The topological polar surface area (TPSA) is 30.7 Å². The molecule has 0 atom stereocenters. The molecule has 32 heavy (non-hydrogen) atoms. The Hall–Kier alpha value is -3.07. The molecule has 0 spiro atoms. The van der Waals surface area contributed by atoms with Gasteiger partial charge in [0.05, 0.1) is 27.9 Å². The van der Waals surface area contributed by atoms with Crippen LogP contribution in [0.15, 0.2) is 42.6 Å². The van der Waals surface area contributed by atoms with Crippen molar-refractivity contribution >= 4 is 34.9 Å². The molecule has 4 aromatic rings. The highest BCUT2D eigenvalue weighted by Gasteiger charge is 2.35. The van der Waals surface area contributed by atoms with Gasteiger partial charge in [-0.1, -0.05) is 18.7 Å². The first-order valence-corrected chi connectivity index (χ1v) is 10.4. The first kappa shape index (κ1) is 22.1. The van der Waals surface area contributed by atoms with E-state index in [1.165, 1.54) is 16.0 Å². The molecule has 9 heteroatoms. The molecular weight excluding hydrogens is 445 g/mol. The van der Waals surface area contributed by atoms with Crippen LogP contribution in [-0.2, 0) is 18.6 Å². The fourth-order valence-corrected chi connectivity index (χ4v) is 4.32. The Morgan fingerprint density at radius 1 is 1.09 bits per heavy atom. The molecule has 4 rings (SSSR count). The Balaban J connectivity index is 1.70. The van der Waals surface area contributed by atoms with Gasteiger partial charge in [0.15, 0.2) is 0 Å². The van der Waals surface area contributed by atoms with Crippen molar-refractivity contribution in [3.63, 3.8) is 0 Å². The molecule has 0 amide bonds. The zero-order valence-electron chi connectivity index (χ0n) is 17.2. The first-order valence-electron chi connectivity index (χ1n) is 9.60. The smallest absolute Gasteiger partial charge is 0.267 e. The van der Waals surface area contributed by atoms with Crippen molar-refractivity contribution < 1.29 is 22.0 Å². The molecular formula is C23H18F5N3S. The minimum Gasteiger partial charge on any atom is -0.267 e. The van der Waals surface area contributed by atoms with Gasteiger partial charge in [-0.15, -0.1) is 11.3 Å². The lowest BCUT2D eigenvalue weighted by atomic mass is 9.99. The Labute approximate surface area is 184 Å². The summed E-state index contributed by atoms with van der Waals surface area (Å²) < 4.78 is 70.3. The molecule has 0 saturated carbocycles. The van der Waals surface area contributed by atoms with Crippen LogP contribution in [0.25, 0.3) is 23.6 Å². The van der Waals surface area contributed by atoms with E-state index in [1.54, 1.807) is 12.3 Å². The second kappa shape index (κ2) is 7.81. The Morgan fingerprint density at radius 2 is 1.84 bits per heavy atom. The van der Waals surface area contributed by atoms with E-state index in [1.807, 2.05) is 25.1 Å². The number of halogens is 5. The number of benzene rings is 2. The summed E-state index contributed by atoms with van der Waals surface area (Å²) in [5.41, 5.74) is 0.759. The van der Waals surface area contributed by atoms with E-state index >= 15 is 0 Å². The van der Waals surface area contributed by atoms with Crippen LogP contribution >= 0.6 is 11.3 Å². The molecule has 0 fully saturated rings. The van der Waals surface area contributed by atoms with Gasteiger partial charge in [-0.05, 0) is 48.4 Å². The Morgan fingerprint density at radius 3 is 2.47 bits per heavy atom. The summed E-state index contributed by atoms with van der Waals surface area (Å²) >= 11 is 1.48. The average Bonchev–Trinajstić information content (AvgIpc) is 3.21. The molecule has 2 heterocycles. The van der Waals surface area contributed by atoms with E-state index in [-0.39, 0.29) is 12.1 Å². The lowest BCUT2D eigenvalue weighted by Gasteiger charge is -2.18. The van der Waals surface area contributed by atoms with Crippen molar-refractivity contribution in [2.24, 2.45) is 0 Å². The van der Waals surface area contributed by atoms with Gasteiger partial charge in [-0.2, -0.15) is 18.3 Å². The van der Waals surface area contributed by atoms with Gasteiger partial charge in [0.25, 0.3) is 5.92 Å². The zero-order chi connectivity index (χ0) is 23.3. The summed E-state index contributed by atoms with van der Waals surface area (Å²) in [6, 6.07) is 8.01. The number of thiazole rings is 1. The van der Waals surface area contributed by atoms with Gasteiger partial charge in [-0.25, -0.2) is 13.8 Å². The molecule has 0 unspecified atom stereocenters. The van der Waals surface area contributed by atoms with Gasteiger partial charge in [0, 0.05) is 24.1 Å². The lowest BCUT2D eigenvalue weighted by molar-refractivity contribution is -0.137. The predicted octanol–water partition coefficient (Wildman–Crippen LogP) is 5.22. The van der Waals surface area contributed by atoms with Crippen molar-refractivity contribution in [3.05, 3.63) is 79.7 Å². The third-order valence-electron chi connectivity index (χ3n) is 4.99. The zero-order valence-corrected chi connectivity index (χ0v) is 18.0. The largest absolute Gasteiger partial charge is 0.416 e. The number of aromatic nitrogens is 3. The summed E-state index contributed by atoms with van der Waals surface area (Å²) in [6.07, 6.45) is -1.03. The predicted molar refractivity (Wildman–Crippen MR) is 115 cm³/mol. The number of hydrogen-bond acceptors (Lipinski definition) is 3. The highest BCUT2D eigenvalue weighted by molar-refractivity contribution is 7.07. The van der Waals surface area contributed by atoms with E-state index in [0.717, 1.165) is 38.0 Å². The standard InChI is InChI=1S/C23H18F5N3S/c1-13-21(32-14(2)29-13)9-15-4-7-20-17(8-15)12-31(30-20)11-16-5-6-18(23(26,27)28)10-19(16)22(3,24)25/h4-10,12H,2,11H2,1,3H3/b21-9-. The number of fused-ring (bicyclic) bond motifs is 1. The normalized spacial score (nSPS) is 13.3. The van der Waals surface area contributed by atoms with E-state index in [0.29, 0.717) is 18.5 Å². The van der Waals surface area contributed by atoms with Crippen LogP contribution in [0, 0.1) is 6.92 Å². The SMILES string of the molecule is C=c1nc(C)/c(=C/c2ccc3nn(Cc4ccc(C(F)(F)F)cc4C(C)(F)F)cc3c2)s1. The fourth-order valence-electron chi connectivity index (χ4n) is 3.49. The second-order valence-corrected chi connectivity index (χ2v) is 8.72. The number of alkyl halides is 5. The molecule has 0 saturated heterocycles. The van der Waals surface area contributed by atoms with Crippen molar-refractivity contribution in [2.45, 2.75) is 32.5 Å². The molecule has 2 aromatic carbocycles. The van der Waals surface area contributed by atoms with Crippen molar-refractivity contribution in [1.82, 2.24) is 14.8 Å². The Bertz CT molecular complexity index is 1410. The summed E-state index contributed by atoms with van der Waals surface area (Å²) in [5, 5.41) is 5.17. The van der Waals surface area contributed by atoms with Crippen LogP contribution in [-0.4, -0.2) is 14.8 Å². The summed E-state index contributed by atoms with van der Waals surface area (Å²) in [4.78, 5) is 4.30. The van der Waals surface area contributed by atoms with E-state index in [4.69, 9.17) is 0 Å². The molecule has 166 valence electrons. The van der Waals surface area contributed by atoms with Crippen molar-refractivity contribution in [1.29, 1.82) is 0 Å². The quantitative estimate of drug-likeness (QED) is 0.389. The van der Waals surface area contributed by atoms with E-state index in [9.17, 15) is 22.0 Å². The van der Waals surface area contributed by atoms with Gasteiger partial charge in [0.1, 0.15) is 4.66 Å². The van der Waals surface area contributed by atoms with E-state index < -0.39 is 23.2 Å². The first-order chi connectivity index (χ1) is 14.9. The minimum absolute atomic E-state index is 0.0772. The summed E-state index contributed by atoms with van der Waals surface area (Å²) in [5.74, 6) is -3.43. The number of aryl methyl sites for hydroxylation is 1. The summed E-state index contributed by atoms with van der Waals surface area (Å²) in [6.45, 7) is 6.25. The average molecular weight is 463 g/mol. The molecule has 0 bridgehead atoms. The van der Waals surface area contributed by atoms with Crippen LogP contribution in [0.1, 0.15) is 34.9 Å². The maximum absolute atomic E-state index is 14.1. The maximum Gasteiger partial charge on any atom is 0.416 e. The summed E-state index contributed by atoms with van der Waals surface area (Å²) in [7, 11) is 0. The van der Waals surface area contributed by atoms with Crippen LogP contribution in [0.2, 0.25) is 0 Å². The number of nitrogens with zero attached hydrogens (tertiary/aromatic N) is 3. The molecule has 0 aliphatic rings. The Kier molecular flexibility index (Phi) is 5.40. The highest BCUT2D eigenvalue weighted by atomic mass is 32.1. The van der Waals surface area contributed by atoms with Crippen LogP contribution in [0.4, 0.5) is 22.0 Å².